The molecular formula is C13H10ClNO3. The molecule has 2 rings (SSSR count). The third-order valence-corrected chi connectivity index (χ3v) is 2.82. The normalized spacial score (nSPS) is 11.2. The van der Waals surface area contributed by atoms with Gasteiger partial charge in [0.2, 0.25) is 0 Å². The van der Waals surface area contributed by atoms with Gasteiger partial charge in [0.25, 0.3) is 0 Å². The molecule has 0 aliphatic carbocycles. The van der Waals surface area contributed by atoms with Crippen molar-refractivity contribution in [2.24, 2.45) is 7.05 Å². The molecule has 4 nitrogen and oxygen atoms in total. The lowest BCUT2D eigenvalue weighted by atomic mass is 10.1. The van der Waals surface area contributed by atoms with Gasteiger partial charge in [-0.2, -0.15) is 0 Å². The van der Waals surface area contributed by atoms with Gasteiger partial charge in [-0.1, -0.05) is 11.6 Å². The van der Waals surface area contributed by atoms with Crippen molar-refractivity contribution in [3.05, 3.63) is 51.3 Å². The van der Waals surface area contributed by atoms with Crippen molar-refractivity contribution in [3.8, 4) is 0 Å². The van der Waals surface area contributed by atoms with Gasteiger partial charge in [0.1, 0.15) is 0 Å². The Morgan fingerprint density at radius 1 is 1.44 bits per heavy atom. The van der Waals surface area contributed by atoms with E-state index in [2.05, 4.69) is 0 Å². The molecule has 0 saturated heterocycles. The maximum atomic E-state index is 12.1. The third-order valence-electron chi connectivity index (χ3n) is 2.58. The minimum Gasteiger partial charge on any atom is -0.478 e. The maximum Gasteiger partial charge on any atom is 0.328 e. The molecule has 0 atom stereocenters. The average molecular weight is 264 g/mol. The summed E-state index contributed by atoms with van der Waals surface area (Å²) in [5.41, 5.74) is 0.826. The number of pyridine rings is 1. The lowest BCUT2D eigenvalue weighted by Gasteiger charge is -2.07. The van der Waals surface area contributed by atoms with Crippen LogP contribution in [0.1, 0.15) is 5.56 Å². The SMILES string of the molecule is Cn1cc(C=CC(=O)O)c(=O)c2ccc(Cl)cc21. The van der Waals surface area contributed by atoms with Crippen LogP contribution in [-0.2, 0) is 11.8 Å². The molecule has 0 saturated carbocycles. The summed E-state index contributed by atoms with van der Waals surface area (Å²) in [7, 11) is 1.77. The number of nitrogens with zero attached hydrogens (tertiary/aromatic N) is 1. The minimum absolute atomic E-state index is 0.211. The zero-order valence-corrected chi connectivity index (χ0v) is 10.3. The van der Waals surface area contributed by atoms with E-state index in [0.29, 0.717) is 21.5 Å². The largest absolute Gasteiger partial charge is 0.478 e. The van der Waals surface area contributed by atoms with Gasteiger partial charge in [-0.05, 0) is 24.3 Å². The first kappa shape index (κ1) is 12.4. The molecule has 18 heavy (non-hydrogen) atoms. The topological polar surface area (TPSA) is 59.3 Å². The van der Waals surface area contributed by atoms with Crippen molar-refractivity contribution in [2.45, 2.75) is 0 Å². The molecule has 1 heterocycles. The van der Waals surface area contributed by atoms with E-state index in [1.54, 1.807) is 36.0 Å². The molecule has 0 aliphatic heterocycles. The second-order valence-corrected chi connectivity index (χ2v) is 4.29. The Labute approximate surface area is 108 Å². The predicted molar refractivity (Wildman–Crippen MR) is 70.9 cm³/mol. The first-order chi connectivity index (χ1) is 8.49. The zero-order valence-electron chi connectivity index (χ0n) is 9.55. The van der Waals surface area contributed by atoms with Crippen molar-refractivity contribution in [2.75, 3.05) is 0 Å². The fourth-order valence-electron chi connectivity index (χ4n) is 1.76. The number of hydrogen-bond donors (Lipinski definition) is 1. The molecule has 0 fully saturated rings. The molecular weight excluding hydrogens is 254 g/mol. The van der Waals surface area contributed by atoms with Crippen LogP contribution in [0.5, 0.6) is 0 Å². The Morgan fingerprint density at radius 2 is 2.17 bits per heavy atom. The Morgan fingerprint density at radius 3 is 2.83 bits per heavy atom. The number of aliphatic carboxylic acids is 1. The number of carboxylic acid groups (broad SMARTS) is 1. The highest BCUT2D eigenvalue weighted by molar-refractivity contribution is 6.31. The van der Waals surface area contributed by atoms with Gasteiger partial charge < -0.3 is 9.67 Å². The van der Waals surface area contributed by atoms with Crippen LogP contribution < -0.4 is 5.43 Å². The smallest absolute Gasteiger partial charge is 0.328 e. The number of aromatic nitrogens is 1. The highest BCUT2D eigenvalue weighted by Gasteiger charge is 2.06. The Hall–Kier alpha value is -2.07. The molecule has 1 N–H and O–H groups in total. The molecule has 2 aromatic rings. The average Bonchev–Trinajstić information content (AvgIpc) is 2.31. The summed E-state index contributed by atoms with van der Waals surface area (Å²) in [6.07, 6.45) is 3.82. The summed E-state index contributed by atoms with van der Waals surface area (Å²) >= 11 is 5.88. The van der Waals surface area contributed by atoms with Crippen LogP contribution in [0.4, 0.5) is 0 Å². The van der Waals surface area contributed by atoms with E-state index >= 15 is 0 Å². The first-order valence-electron chi connectivity index (χ1n) is 5.19. The second-order valence-electron chi connectivity index (χ2n) is 3.86. The van der Waals surface area contributed by atoms with Crippen LogP contribution in [0.3, 0.4) is 0 Å². The van der Waals surface area contributed by atoms with E-state index in [9.17, 15) is 9.59 Å². The Kier molecular flexibility index (Phi) is 3.21. The number of fused-ring (bicyclic) bond motifs is 1. The van der Waals surface area contributed by atoms with E-state index in [1.807, 2.05) is 0 Å². The molecule has 0 unspecified atom stereocenters. The molecule has 5 heteroatoms. The fraction of sp³-hybridized carbons (Fsp3) is 0.0769. The van der Waals surface area contributed by atoms with E-state index in [0.717, 1.165) is 6.08 Å². The molecule has 1 aromatic carbocycles. The van der Waals surface area contributed by atoms with Gasteiger partial charge in [-0.3, -0.25) is 4.79 Å². The number of aryl methyl sites for hydroxylation is 1. The van der Waals surface area contributed by atoms with Gasteiger partial charge in [0.05, 0.1) is 5.52 Å². The molecule has 1 aromatic heterocycles. The highest BCUT2D eigenvalue weighted by atomic mass is 35.5. The maximum absolute atomic E-state index is 12.1. The summed E-state index contributed by atoms with van der Waals surface area (Å²) < 4.78 is 1.74. The van der Waals surface area contributed by atoms with Gasteiger partial charge in [0.15, 0.2) is 5.43 Å². The van der Waals surface area contributed by atoms with E-state index < -0.39 is 5.97 Å². The molecule has 0 radical (unpaired) electrons. The van der Waals surface area contributed by atoms with Crippen LogP contribution in [0.2, 0.25) is 5.02 Å². The summed E-state index contributed by atoms with van der Waals surface area (Å²) in [4.78, 5) is 22.6. The molecule has 0 bridgehead atoms. The van der Waals surface area contributed by atoms with Gasteiger partial charge in [0, 0.05) is 35.3 Å². The number of hydrogen-bond acceptors (Lipinski definition) is 2. The highest BCUT2D eigenvalue weighted by Crippen LogP contribution is 2.17. The number of rotatable bonds is 2. The standard InChI is InChI=1S/C13H10ClNO3/c1-15-7-8(2-5-12(16)17)13(18)10-4-3-9(14)6-11(10)15/h2-7H,1H3,(H,16,17). The van der Waals surface area contributed by atoms with Gasteiger partial charge in [-0.25, -0.2) is 4.79 Å². The molecule has 0 spiro atoms. The quantitative estimate of drug-likeness (QED) is 0.846. The summed E-state index contributed by atoms with van der Waals surface area (Å²) in [5, 5.41) is 9.63. The predicted octanol–water partition coefficient (Wildman–Crippen LogP) is 2.29. The monoisotopic (exact) mass is 263 g/mol. The van der Waals surface area contributed by atoms with Crippen molar-refractivity contribution >= 4 is 34.5 Å². The Balaban J connectivity index is 2.73. The van der Waals surface area contributed by atoms with Crippen molar-refractivity contribution in [1.82, 2.24) is 4.57 Å². The lowest BCUT2D eigenvalue weighted by Crippen LogP contribution is -2.10. The fourth-order valence-corrected chi connectivity index (χ4v) is 1.93. The summed E-state index contributed by atoms with van der Waals surface area (Å²) in [6, 6.07) is 4.97. The van der Waals surface area contributed by atoms with Gasteiger partial charge >= 0.3 is 5.97 Å². The van der Waals surface area contributed by atoms with Crippen molar-refractivity contribution in [1.29, 1.82) is 0 Å². The van der Waals surface area contributed by atoms with E-state index in [1.165, 1.54) is 6.08 Å². The lowest BCUT2D eigenvalue weighted by molar-refractivity contribution is -0.131. The van der Waals surface area contributed by atoms with Crippen molar-refractivity contribution in [3.63, 3.8) is 0 Å². The number of halogens is 1. The summed E-state index contributed by atoms with van der Waals surface area (Å²) in [5.74, 6) is -1.09. The van der Waals surface area contributed by atoms with Crippen LogP contribution >= 0.6 is 11.6 Å². The molecule has 0 amide bonds. The van der Waals surface area contributed by atoms with Crippen LogP contribution in [0.15, 0.2) is 35.3 Å². The number of carboxylic acids is 1. The van der Waals surface area contributed by atoms with Crippen molar-refractivity contribution < 1.29 is 9.90 Å². The second kappa shape index (κ2) is 4.66. The number of benzene rings is 1. The van der Waals surface area contributed by atoms with Crippen LogP contribution in [0.25, 0.3) is 17.0 Å². The van der Waals surface area contributed by atoms with Crippen LogP contribution in [-0.4, -0.2) is 15.6 Å². The summed E-state index contributed by atoms with van der Waals surface area (Å²) in [6.45, 7) is 0. The van der Waals surface area contributed by atoms with E-state index in [-0.39, 0.29) is 5.43 Å². The van der Waals surface area contributed by atoms with E-state index in [4.69, 9.17) is 16.7 Å². The molecule has 92 valence electrons. The number of carbonyl (C=O) groups is 1. The minimum atomic E-state index is -1.09. The first-order valence-corrected chi connectivity index (χ1v) is 5.57. The Bertz CT molecular complexity index is 716. The third kappa shape index (κ3) is 2.28. The molecule has 0 aliphatic rings. The van der Waals surface area contributed by atoms with Gasteiger partial charge in [-0.15, -0.1) is 0 Å². The zero-order chi connectivity index (χ0) is 13.3. The van der Waals surface area contributed by atoms with Crippen LogP contribution in [0, 0.1) is 0 Å².